The zero-order valence-corrected chi connectivity index (χ0v) is 10.0. The number of hydrogen-bond donors (Lipinski definition) is 0. The van der Waals surface area contributed by atoms with Crippen molar-refractivity contribution in [3.63, 3.8) is 0 Å². The minimum Gasteiger partial charge on any atom is -0.382 e. The van der Waals surface area contributed by atoms with E-state index >= 15 is 0 Å². The molecule has 0 aliphatic carbocycles. The summed E-state index contributed by atoms with van der Waals surface area (Å²) >= 11 is 0. The van der Waals surface area contributed by atoms with Crippen LogP contribution in [0.1, 0.15) is 53.9 Å². The summed E-state index contributed by atoms with van der Waals surface area (Å²) in [6, 6.07) is 0. The fourth-order valence-electron chi connectivity index (χ4n) is 1.23. The van der Waals surface area contributed by atoms with Crippen LogP contribution in [0.25, 0.3) is 0 Å². The Hall–Kier alpha value is -0.0400. The lowest BCUT2D eigenvalue weighted by Crippen LogP contribution is -2.17. The van der Waals surface area contributed by atoms with Gasteiger partial charge in [0.1, 0.15) is 0 Å². The predicted octanol–water partition coefficient (Wildman–Crippen LogP) is 3.88. The number of ether oxygens (including phenoxy) is 1. The van der Waals surface area contributed by atoms with Gasteiger partial charge in [0.25, 0.3) is 0 Å². The largest absolute Gasteiger partial charge is 0.382 e. The van der Waals surface area contributed by atoms with Crippen molar-refractivity contribution in [2.24, 2.45) is 11.3 Å². The molecular formula is C12H26O. The molecule has 0 aliphatic rings. The highest BCUT2D eigenvalue weighted by Crippen LogP contribution is 2.29. The predicted molar refractivity (Wildman–Crippen MR) is 59.0 cm³/mol. The van der Waals surface area contributed by atoms with Gasteiger partial charge >= 0.3 is 0 Å². The van der Waals surface area contributed by atoms with Crippen molar-refractivity contribution in [1.82, 2.24) is 0 Å². The smallest absolute Gasteiger partial charge is 0.0465 e. The molecule has 0 aromatic heterocycles. The molecule has 1 nitrogen and oxygen atoms in total. The molecule has 1 heteroatoms. The highest BCUT2D eigenvalue weighted by Gasteiger charge is 2.18. The Bertz CT molecular complexity index is 113. The summed E-state index contributed by atoms with van der Waals surface area (Å²) in [5, 5.41) is 0. The van der Waals surface area contributed by atoms with E-state index in [9.17, 15) is 0 Å². The van der Waals surface area contributed by atoms with E-state index in [0.29, 0.717) is 5.41 Å². The van der Waals surface area contributed by atoms with E-state index in [1.54, 1.807) is 0 Å². The van der Waals surface area contributed by atoms with E-state index in [2.05, 4.69) is 34.6 Å². The van der Waals surface area contributed by atoms with Gasteiger partial charge in [0, 0.05) is 13.2 Å². The van der Waals surface area contributed by atoms with Crippen LogP contribution < -0.4 is 0 Å². The van der Waals surface area contributed by atoms with Gasteiger partial charge < -0.3 is 4.74 Å². The topological polar surface area (TPSA) is 9.23 Å². The van der Waals surface area contributed by atoms with Crippen molar-refractivity contribution in [1.29, 1.82) is 0 Å². The Morgan fingerprint density at radius 2 is 1.77 bits per heavy atom. The van der Waals surface area contributed by atoms with E-state index in [1.165, 1.54) is 19.3 Å². The molecular weight excluding hydrogens is 160 g/mol. The number of rotatable bonds is 6. The van der Waals surface area contributed by atoms with Gasteiger partial charge in [0.2, 0.25) is 0 Å². The lowest BCUT2D eigenvalue weighted by Gasteiger charge is -2.27. The lowest BCUT2D eigenvalue weighted by atomic mass is 9.79. The van der Waals surface area contributed by atoms with Gasteiger partial charge in [-0.2, -0.15) is 0 Å². The minimum absolute atomic E-state index is 0.464. The maximum absolute atomic E-state index is 5.30. The standard InChI is InChI=1S/C12H26O/c1-6-13-10-8-7-9-11(2)12(3,4)5/h11H,6-10H2,1-5H3. The van der Waals surface area contributed by atoms with Gasteiger partial charge in [-0.05, 0) is 24.7 Å². The molecule has 13 heavy (non-hydrogen) atoms. The highest BCUT2D eigenvalue weighted by molar-refractivity contribution is 4.69. The molecule has 0 bridgehead atoms. The molecule has 0 aliphatic heterocycles. The third-order valence-corrected chi connectivity index (χ3v) is 2.86. The number of hydrogen-bond acceptors (Lipinski definition) is 1. The molecule has 0 radical (unpaired) electrons. The van der Waals surface area contributed by atoms with Crippen molar-refractivity contribution in [2.45, 2.75) is 53.9 Å². The first-order valence-electron chi connectivity index (χ1n) is 5.56. The van der Waals surface area contributed by atoms with Gasteiger partial charge in [-0.25, -0.2) is 0 Å². The lowest BCUT2D eigenvalue weighted by molar-refractivity contribution is 0.138. The monoisotopic (exact) mass is 186 g/mol. The summed E-state index contributed by atoms with van der Waals surface area (Å²) in [6.45, 7) is 13.2. The van der Waals surface area contributed by atoms with E-state index < -0.39 is 0 Å². The van der Waals surface area contributed by atoms with Gasteiger partial charge in [0.15, 0.2) is 0 Å². The third kappa shape index (κ3) is 7.06. The van der Waals surface area contributed by atoms with Crippen LogP contribution in [0.2, 0.25) is 0 Å². The molecule has 0 saturated heterocycles. The molecule has 0 rings (SSSR count). The Morgan fingerprint density at radius 1 is 1.15 bits per heavy atom. The minimum atomic E-state index is 0.464. The van der Waals surface area contributed by atoms with Crippen molar-refractivity contribution in [3.05, 3.63) is 0 Å². The van der Waals surface area contributed by atoms with E-state index in [4.69, 9.17) is 4.74 Å². The van der Waals surface area contributed by atoms with Crippen LogP contribution in [-0.4, -0.2) is 13.2 Å². The maximum atomic E-state index is 5.30. The normalized spacial score (nSPS) is 14.5. The van der Waals surface area contributed by atoms with Crippen LogP contribution in [0.5, 0.6) is 0 Å². The highest BCUT2D eigenvalue weighted by atomic mass is 16.5. The second-order valence-electron chi connectivity index (χ2n) is 4.96. The van der Waals surface area contributed by atoms with Crippen LogP contribution in [-0.2, 0) is 4.74 Å². The molecule has 80 valence electrons. The molecule has 0 spiro atoms. The average molecular weight is 186 g/mol. The summed E-state index contributed by atoms with van der Waals surface area (Å²) in [5.74, 6) is 0.814. The summed E-state index contributed by atoms with van der Waals surface area (Å²) in [7, 11) is 0. The zero-order valence-electron chi connectivity index (χ0n) is 10.0. The first-order chi connectivity index (χ1) is 5.98. The van der Waals surface area contributed by atoms with E-state index in [1.807, 2.05) is 0 Å². The molecule has 0 amide bonds. The van der Waals surface area contributed by atoms with Gasteiger partial charge in [0.05, 0.1) is 0 Å². The SMILES string of the molecule is CCOCCCCC(C)C(C)(C)C. The average Bonchev–Trinajstić information content (AvgIpc) is 2.02. The van der Waals surface area contributed by atoms with Crippen LogP contribution in [0.4, 0.5) is 0 Å². The summed E-state index contributed by atoms with van der Waals surface area (Å²) in [4.78, 5) is 0. The van der Waals surface area contributed by atoms with Crippen molar-refractivity contribution in [2.75, 3.05) is 13.2 Å². The third-order valence-electron chi connectivity index (χ3n) is 2.86. The van der Waals surface area contributed by atoms with Gasteiger partial charge in [-0.1, -0.05) is 40.5 Å². The molecule has 0 heterocycles. The Morgan fingerprint density at radius 3 is 2.23 bits per heavy atom. The van der Waals surface area contributed by atoms with Crippen molar-refractivity contribution in [3.8, 4) is 0 Å². The molecule has 0 aromatic rings. The summed E-state index contributed by atoms with van der Waals surface area (Å²) in [5.41, 5.74) is 0.464. The van der Waals surface area contributed by atoms with Crippen LogP contribution in [0.15, 0.2) is 0 Å². The summed E-state index contributed by atoms with van der Waals surface area (Å²) < 4.78 is 5.30. The first kappa shape index (κ1) is 13.0. The van der Waals surface area contributed by atoms with E-state index in [-0.39, 0.29) is 0 Å². The maximum Gasteiger partial charge on any atom is 0.0465 e. The first-order valence-corrected chi connectivity index (χ1v) is 5.56. The molecule has 0 N–H and O–H groups in total. The Kier molecular flexibility index (Phi) is 6.40. The zero-order chi connectivity index (χ0) is 10.3. The van der Waals surface area contributed by atoms with Crippen molar-refractivity contribution < 1.29 is 4.74 Å². The van der Waals surface area contributed by atoms with Crippen LogP contribution in [0, 0.1) is 11.3 Å². The Labute approximate surface area is 83.9 Å². The number of unbranched alkanes of at least 4 members (excludes halogenated alkanes) is 1. The van der Waals surface area contributed by atoms with Gasteiger partial charge in [-0.15, -0.1) is 0 Å². The fourth-order valence-corrected chi connectivity index (χ4v) is 1.23. The second kappa shape index (κ2) is 6.42. The van der Waals surface area contributed by atoms with Crippen molar-refractivity contribution >= 4 is 0 Å². The quantitative estimate of drug-likeness (QED) is 0.572. The molecule has 0 fully saturated rings. The molecule has 0 aromatic carbocycles. The van der Waals surface area contributed by atoms with E-state index in [0.717, 1.165) is 19.1 Å². The molecule has 0 saturated carbocycles. The molecule has 1 unspecified atom stereocenters. The summed E-state index contributed by atoms with van der Waals surface area (Å²) in [6.07, 6.45) is 3.85. The molecule has 1 atom stereocenters. The fraction of sp³-hybridized carbons (Fsp3) is 1.00. The van der Waals surface area contributed by atoms with Crippen LogP contribution in [0.3, 0.4) is 0 Å². The van der Waals surface area contributed by atoms with Crippen LogP contribution >= 0.6 is 0 Å². The Balaban J connectivity index is 3.32. The second-order valence-corrected chi connectivity index (χ2v) is 4.96. The van der Waals surface area contributed by atoms with Gasteiger partial charge in [-0.3, -0.25) is 0 Å².